The number of thiazole rings is 1. The summed E-state index contributed by atoms with van der Waals surface area (Å²) < 4.78 is 1.48. The van der Waals surface area contributed by atoms with Crippen molar-refractivity contribution >= 4 is 34.0 Å². The molecule has 0 saturated carbocycles. The van der Waals surface area contributed by atoms with Crippen LogP contribution in [0.25, 0.3) is 16.9 Å². The highest BCUT2D eigenvalue weighted by atomic mass is 35.5. The summed E-state index contributed by atoms with van der Waals surface area (Å²) in [5.41, 5.74) is 2.72. The van der Waals surface area contributed by atoms with Gasteiger partial charge in [0.25, 0.3) is 5.91 Å². The maximum Gasteiger partial charge on any atom is 0.257 e. The van der Waals surface area contributed by atoms with Crippen LogP contribution in [-0.4, -0.2) is 31.1 Å². The van der Waals surface area contributed by atoms with E-state index in [9.17, 15) is 4.79 Å². The fourth-order valence-electron chi connectivity index (χ4n) is 2.36. The minimum absolute atomic E-state index is 0.264. The summed E-state index contributed by atoms with van der Waals surface area (Å²) in [7, 11) is 0. The van der Waals surface area contributed by atoms with Crippen molar-refractivity contribution in [3.63, 3.8) is 0 Å². The van der Waals surface area contributed by atoms with Gasteiger partial charge in [-0.3, -0.25) is 10.1 Å². The molecule has 0 radical (unpaired) electrons. The van der Waals surface area contributed by atoms with Gasteiger partial charge in [-0.15, -0.1) is 16.4 Å². The van der Waals surface area contributed by atoms with Crippen molar-refractivity contribution in [2.45, 2.75) is 0 Å². The summed E-state index contributed by atoms with van der Waals surface area (Å²) in [5, 5.41) is 16.8. The van der Waals surface area contributed by atoms with Crippen LogP contribution in [0.4, 0.5) is 5.13 Å². The number of tetrazole rings is 1. The van der Waals surface area contributed by atoms with Gasteiger partial charge < -0.3 is 0 Å². The number of hydrogen-bond donors (Lipinski definition) is 1. The molecular weight excluding hydrogens is 372 g/mol. The van der Waals surface area contributed by atoms with E-state index in [0.717, 1.165) is 11.3 Å². The topological polar surface area (TPSA) is 85.6 Å². The Balaban J connectivity index is 1.54. The van der Waals surface area contributed by atoms with Crippen molar-refractivity contribution in [2.24, 2.45) is 0 Å². The third-order valence-corrected chi connectivity index (χ3v) is 4.68. The second kappa shape index (κ2) is 7.03. The van der Waals surface area contributed by atoms with Crippen molar-refractivity contribution in [3.05, 3.63) is 70.8 Å². The number of rotatable bonds is 4. The smallest absolute Gasteiger partial charge is 0.257 e. The second-order valence-corrected chi connectivity index (χ2v) is 6.54. The molecule has 2 heterocycles. The number of aromatic nitrogens is 5. The quantitative estimate of drug-likeness (QED) is 0.581. The maximum atomic E-state index is 12.5. The molecular formula is C17H11ClN6OS. The summed E-state index contributed by atoms with van der Waals surface area (Å²) in [6.07, 6.45) is 1.47. The molecule has 4 rings (SSSR count). The first-order valence-corrected chi connectivity index (χ1v) is 8.82. The van der Waals surface area contributed by atoms with Crippen LogP contribution in [0.15, 0.2) is 60.2 Å². The third kappa shape index (κ3) is 3.32. The second-order valence-electron chi connectivity index (χ2n) is 5.28. The van der Waals surface area contributed by atoms with E-state index >= 15 is 0 Å². The lowest BCUT2D eigenvalue weighted by Gasteiger charge is -2.04. The van der Waals surface area contributed by atoms with Crippen molar-refractivity contribution in [3.8, 4) is 16.9 Å². The lowest BCUT2D eigenvalue weighted by Crippen LogP contribution is -2.12. The molecule has 0 spiro atoms. The monoisotopic (exact) mass is 382 g/mol. The molecule has 0 atom stereocenters. The van der Waals surface area contributed by atoms with Crippen molar-refractivity contribution in [1.82, 2.24) is 25.2 Å². The highest BCUT2D eigenvalue weighted by Crippen LogP contribution is 2.30. The molecule has 2 aromatic carbocycles. The summed E-state index contributed by atoms with van der Waals surface area (Å²) in [6.45, 7) is 0. The fraction of sp³-hybridized carbons (Fsp3) is 0. The molecule has 0 aliphatic carbocycles. The normalized spacial score (nSPS) is 10.7. The Bertz CT molecular complexity index is 1060. The molecule has 1 amide bonds. The van der Waals surface area contributed by atoms with Crippen LogP contribution in [0.1, 0.15) is 10.4 Å². The molecule has 0 fully saturated rings. The van der Waals surface area contributed by atoms with Crippen LogP contribution in [0.2, 0.25) is 5.02 Å². The molecule has 0 aliphatic heterocycles. The van der Waals surface area contributed by atoms with Gasteiger partial charge in [-0.05, 0) is 34.7 Å². The Morgan fingerprint density at radius 1 is 1.15 bits per heavy atom. The zero-order valence-electron chi connectivity index (χ0n) is 13.2. The molecule has 4 aromatic rings. The van der Waals surface area contributed by atoms with Gasteiger partial charge in [-0.25, -0.2) is 9.67 Å². The number of halogens is 1. The van der Waals surface area contributed by atoms with Crippen LogP contribution in [0.3, 0.4) is 0 Å². The zero-order valence-corrected chi connectivity index (χ0v) is 14.8. The molecule has 2 aromatic heterocycles. The van der Waals surface area contributed by atoms with E-state index in [-0.39, 0.29) is 5.91 Å². The van der Waals surface area contributed by atoms with Gasteiger partial charge in [0.15, 0.2) is 5.13 Å². The summed E-state index contributed by atoms with van der Waals surface area (Å²) in [4.78, 5) is 17.0. The first kappa shape index (κ1) is 16.4. The first-order chi connectivity index (χ1) is 12.7. The zero-order chi connectivity index (χ0) is 17.9. The minimum Gasteiger partial charge on any atom is -0.298 e. The highest BCUT2D eigenvalue weighted by molar-refractivity contribution is 7.14. The summed E-state index contributed by atoms with van der Waals surface area (Å²) in [6, 6.07) is 14.4. The van der Waals surface area contributed by atoms with Crippen LogP contribution >= 0.6 is 22.9 Å². The Hall–Kier alpha value is -3.10. The average Bonchev–Trinajstić information content (AvgIpc) is 3.34. The van der Waals surface area contributed by atoms with Crippen molar-refractivity contribution < 1.29 is 4.79 Å². The molecule has 0 bridgehead atoms. The number of anilines is 1. The minimum atomic E-state index is -0.264. The predicted octanol–water partition coefficient (Wildman–Crippen LogP) is 3.69. The van der Waals surface area contributed by atoms with Gasteiger partial charge >= 0.3 is 0 Å². The van der Waals surface area contributed by atoms with E-state index in [4.69, 9.17) is 11.6 Å². The van der Waals surface area contributed by atoms with Gasteiger partial charge in [0.2, 0.25) is 0 Å². The summed E-state index contributed by atoms with van der Waals surface area (Å²) >= 11 is 7.53. The molecule has 0 unspecified atom stereocenters. The molecule has 1 N–H and O–H groups in total. The number of carbonyl (C=O) groups excluding carboxylic acids is 1. The number of benzene rings is 2. The van der Waals surface area contributed by atoms with Gasteiger partial charge in [-0.2, -0.15) is 0 Å². The van der Waals surface area contributed by atoms with E-state index in [2.05, 4.69) is 25.8 Å². The van der Waals surface area contributed by atoms with Crippen LogP contribution in [0.5, 0.6) is 0 Å². The standard InChI is InChI=1S/C17H11ClN6OS/c18-14-7-2-1-6-13(14)15-9-26-17(20-15)21-16(25)11-4-3-5-12(8-11)24-10-19-22-23-24/h1-10H,(H,20,21,25). The van der Waals surface area contributed by atoms with E-state index in [1.165, 1.54) is 22.3 Å². The number of nitrogens with zero attached hydrogens (tertiary/aromatic N) is 5. The van der Waals surface area contributed by atoms with E-state index in [0.29, 0.717) is 21.4 Å². The SMILES string of the molecule is O=C(Nc1nc(-c2ccccc2Cl)cs1)c1cccc(-n2cnnn2)c1. The van der Waals surface area contributed by atoms with Crippen LogP contribution < -0.4 is 5.32 Å². The van der Waals surface area contributed by atoms with Crippen molar-refractivity contribution in [1.29, 1.82) is 0 Å². The summed E-state index contributed by atoms with van der Waals surface area (Å²) in [5.74, 6) is -0.264. The molecule has 26 heavy (non-hydrogen) atoms. The van der Waals surface area contributed by atoms with Gasteiger partial charge in [-0.1, -0.05) is 35.9 Å². The highest BCUT2D eigenvalue weighted by Gasteiger charge is 2.12. The Morgan fingerprint density at radius 3 is 2.85 bits per heavy atom. The lowest BCUT2D eigenvalue weighted by molar-refractivity contribution is 0.102. The average molecular weight is 383 g/mol. The molecule has 9 heteroatoms. The lowest BCUT2D eigenvalue weighted by atomic mass is 10.2. The molecule has 0 aliphatic rings. The van der Waals surface area contributed by atoms with E-state index < -0.39 is 0 Å². The Kier molecular flexibility index (Phi) is 4.42. The van der Waals surface area contributed by atoms with Crippen LogP contribution in [-0.2, 0) is 0 Å². The van der Waals surface area contributed by atoms with Gasteiger partial charge in [0.05, 0.1) is 11.4 Å². The fourth-order valence-corrected chi connectivity index (χ4v) is 3.30. The third-order valence-electron chi connectivity index (χ3n) is 3.60. The molecule has 0 saturated heterocycles. The Labute approximate surface area is 157 Å². The number of amides is 1. The number of hydrogen-bond acceptors (Lipinski definition) is 6. The van der Waals surface area contributed by atoms with Gasteiger partial charge in [0.1, 0.15) is 6.33 Å². The maximum absolute atomic E-state index is 12.5. The van der Waals surface area contributed by atoms with Crippen molar-refractivity contribution in [2.75, 3.05) is 5.32 Å². The predicted molar refractivity (Wildman–Crippen MR) is 99.7 cm³/mol. The molecule has 7 nitrogen and oxygen atoms in total. The molecule has 128 valence electrons. The Morgan fingerprint density at radius 2 is 2.04 bits per heavy atom. The van der Waals surface area contributed by atoms with Gasteiger partial charge in [0, 0.05) is 21.5 Å². The largest absolute Gasteiger partial charge is 0.298 e. The van der Waals surface area contributed by atoms with Crippen LogP contribution in [0, 0.1) is 0 Å². The van der Waals surface area contributed by atoms with E-state index in [1.54, 1.807) is 24.3 Å². The first-order valence-electron chi connectivity index (χ1n) is 7.56. The number of carbonyl (C=O) groups is 1. The number of nitrogens with one attached hydrogen (secondary N) is 1. The van der Waals surface area contributed by atoms with E-state index in [1.807, 2.05) is 29.6 Å².